The SMILES string of the molecule is NC(=O)c1ccc(NC2CCCC2)nc1. The molecule has 2 rings (SSSR count). The Hall–Kier alpha value is -1.58. The van der Waals surface area contributed by atoms with Crippen molar-refractivity contribution in [1.29, 1.82) is 0 Å². The molecule has 0 radical (unpaired) electrons. The van der Waals surface area contributed by atoms with Crippen LogP contribution in [0.15, 0.2) is 18.3 Å². The fourth-order valence-corrected chi connectivity index (χ4v) is 1.90. The van der Waals surface area contributed by atoms with Crippen LogP contribution in [0.4, 0.5) is 5.82 Å². The van der Waals surface area contributed by atoms with Gasteiger partial charge in [0, 0.05) is 12.2 Å². The second kappa shape index (κ2) is 4.29. The van der Waals surface area contributed by atoms with E-state index in [1.165, 1.54) is 31.9 Å². The highest BCUT2D eigenvalue weighted by molar-refractivity contribution is 5.92. The summed E-state index contributed by atoms with van der Waals surface area (Å²) in [6, 6.07) is 4.04. The molecular weight excluding hydrogens is 190 g/mol. The van der Waals surface area contributed by atoms with Gasteiger partial charge in [-0.05, 0) is 25.0 Å². The Labute approximate surface area is 88.9 Å². The molecule has 1 aliphatic rings. The van der Waals surface area contributed by atoms with Gasteiger partial charge in [0.15, 0.2) is 0 Å². The van der Waals surface area contributed by atoms with Crippen LogP contribution in [0.2, 0.25) is 0 Å². The van der Waals surface area contributed by atoms with E-state index in [4.69, 9.17) is 5.73 Å². The van der Waals surface area contributed by atoms with Gasteiger partial charge in [-0.25, -0.2) is 4.98 Å². The van der Waals surface area contributed by atoms with Gasteiger partial charge < -0.3 is 11.1 Å². The lowest BCUT2D eigenvalue weighted by Crippen LogP contribution is -2.16. The standard InChI is InChI=1S/C11H15N3O/c12-11(15)8-5-6-10(13-7-8)14-9-3-1-2-4-9/h5-7,9H,1-4H2,(H2,12,15)(H,13,14). The Balaban J connectivity index is 2.00. The first-order valence-corrected chi connectivity index (χ1v) is 5.28. The molecule has 1 heterocycles. The van der Waals surface area contributed by atoms with Gasteiger partial charge in [-0.1, -0.05) is 12.8 Å². The van der Waals surface area contributed by atoms with E-state index >= 15 is 0 Å². The zero-order chi connectivity index (χ0) is 10.7. The van der Waals surface area contributed by atoms with Crippen LogP contribution in [0.1, 0.15) is 36.0 Å². The van der Waals surface area contributed by atoms with Crippen molar-refractivity contribution >= 4 is 11.7 Å². The average molecular weight is 205 g/mol. The molecule has 0 bridgehead atoms. The Kier molecular flexibility index (Phi) is 2.85. The first-order valence-electron chi connectivity index (χ1n) is 5.28. The molecule has 1 amide bonds. The van der Waals surface area contributed by atoms with Gasteiger partial charge in [-0.3, -0.25) is 4.79 Å². The number of aromatic nitrogens is 1. The zero-order valence-corrected chi connectivity index (χ0v) is 8.57. The summed E-state index contributed by atoms with van der Waals surface area (Å²) < 4.78 is 0. The quantitative estimate of drug-likeness (QED) is 0.786. The number of pyridine rings is 1. The van der Waals surface area contributed by atoms with Crippen LogP contribution >= 0.6 is 0 Å². The highest BCUT2D eigenvalue weighted by atomic mass is 16.1. The van der Waals surface area contributed by atoms with E-state index in [1.54, 1.807) is 12.1 Å². The second-order valence-corrected chi connectivity index (χ2v) is 3.92. The summed E-state index contributed by atoms with van der Waals surface area (Å²) in [7, 11) is 0. The minimum Gasteiger partial charge on any atom is -0.367 e. The summed E-state index contributed by atoms with van der Waals surface area (Å²) in [6.45, 7) is 0. The number of nitrogens with zero attached hydrogens (tertiary/aromatic N) is 1. The number of amides is 1. The van der Waals surface area contributed by atoms with Crippen LogP contribution in [-0.2, 0) is 0 Å². The molecule has 1 aromatic heterocycles. The summed E-state index contributed by atoms with van der Waals surface area (Å²) in [5.41, 5.74) is 5.58. The molecule has 4 nitrogen and oxygen atoms in total. The average Bonchev–Trinajstić information content (AvgIpc) is 2.71. The van der Waals surface area contributed by atoms with Gasteiger partial charge in [0.1, 0.15) is 5.82 Å². The maximum Gasteiger partial charge on any atom is 0.250 e. The van der Waals surface area contributed by atoms with Crippen LogP contribution < -0.4 is 11.1 Å². The fraction of sp³-hybridized carbons (Fsp3) is 0.455. The van der Waals surface area contributed by atoms with E-state index in [0.29, 0.717) is 11.6 Å². The van der Waals surface area contributed by atoms with Gasteiger partial charge in [0.2, 0.25) is 5.91 Å². The summed E-state index contributed by atoms with van der Waals surface area (Å²) in [4.78, 5) is 15.0. The van der Waals surface area contributed by atoms with Crippen LogP contribution in [0.25, 0.3) is 0 Å². The van der Waals surface area contributed by atoms with Crippen LogP contribution in [0.3, 0.4) is 0 Å². The predicted octanol–water partition coefficient (Wildman–Crippen LogP) is 1.53. The molecule has 0 saturated heterocycles. The first-order chi connectivity index (χ1) is 7.25. The van der Waals surface area contributed by atoms with E-state index in [0.717, 1.165) is 5.82 Å². The third kappa shape index (κ3) is 2.46. The Morgan fingerprint density at radius 3 is 2.67 bits per heavy atom. The van der Waals surface area contributed by atoms with E-state index in [1.807, 2.05) is 0 Å². The maximum atomic E-state index is 10.8. The Morgan fingerprint density at radius 1 is 1.40 bits per heavy atom. The van der Waals surface area contributed by atoms with Crippen molar-refractivity contribution in [2.45, 2.75) is 31.7 Å². The van der Waals surface area contributed by atoms with Gasteiger partial charge in [-0.15, -0.1) is 0 Å². The van der Waals surface area contributed by atoms with Crippen molar-refractivity contribution < 1.29 is 4.79 Å². The molecule has 0 unspecified atom stereocenters. The molecule has 0 aromatic carbocycles. The smallest absolute Gasteiger partial charge is 0.250 e. The number of rotatable bonds is 3. The van der Waals surface area contributed by atoms with Gasteiger partial charge >= 0.3 is 0 Å². The molecule has 0 aliphatic heterocycles. The number of nitrogens with two attached hydrogens (primary N) is 1. The summed E-state index contributed by atoms with van der Waals surface area (Å²) in [5, 5.41) is 3.34. The third-order valence-electron chi connectivity index (χ3n) is 2.76. The number of hydrogen-bond acceptors (Lipinski definition) is 3. The van der Waals surface area contributed by atoms with Gasteiger partial charge in [-0.2, -0.15) is 0 Å². The van der Waals surface area contributed by atoms with Crippen LogP contribution in [0.5, 0.6) is 0 Å². The number of anilines is 1. The lowest BCUT2D eigenvalue weighted by Gasteiger charge is -2.12. The molecule has 1 aromatic rings. The summed E-state index contributed by atoms with van der Waals surface area (Å²) >= 11 is 0. The Morgan fingerprint density at radius 2 is 2.13 bits per heavy atom. The lowest BCUT2D eigenvalue weighted by molar-refractivity contribution is 0.1000. The molecule has 0 atom stereocenters. The molecule has 80 valence electrons. The number of hydrogen-bond donors (Lipinski definition) is 2. The third-order valence-corrected chi connectivity index (χ3v) is 2.76. The van der Waals surface area contributed by atoms with E-state index in [9.17, 15) is 4.79 Å². The molecule has 1 aliphatic carbocycles. The zero-order valence-electron chi connectivity index (χ0n) is 8.57. The number of primary amides is 1. The topological polar surface area (TPSA) is 68.0 Å². The van der Waals surface area contributed by atoms with E-state index < -0.39 is 5.91 Å². The summed E-state index contributed by atoms with van der Waals surface area (Å²) in [6.07, 6.45) is 6.51. The fourth-order valence-electron chi connectivity index (χ4n) is 1.90. The highest BCUT2D eigenvalue weighted by Gasteiger charge is 2.14. The van der Waals surface area contributed by atoms with Crippen molar-refractivity contribution in [2.24, 2.45) is 5.73 Å². The minimum atomic E-state index is -0.435. The predicted molar refractivity (Wildman–Crippen MR) is 58.6 cm³/mol. The van der Waals surface area contributed by atoms with Gasteiger partial charge in [0.05, 0.1) is 5.56 Å². The van der Waals surface area contributed by atoms with E-state index in [-0.39, 0.29) is 0 Å². The largest absolute Gasteiger partial charge is 0.367 e. The first kappa shape index (κ1) is 9.96. The molecule has 1 saturated carbocycles. The normalized spacial score (nSPS) is 16.5. The molecule has 3 N–H and O–H groups in total. The van der Waals surface area contributed by atoms with E-state index in [2.05, 4.69) is 10.3 Å². The molecule has 15 heavy (non-hydrogen) atoms. The molecule has 0 spiro atoms. The maximum absolute atomic E-state index is 10.8. The number of nitrogens with one attached hydrogen (secondary N) is 1. The van der Waals surface area contributed by atoms with Gasteiger partial charge in [0.25, 0.3) is 0 Å². The number of carbonyl (C=O) groups is 1. The van der Waals surface area contributed by atoms with Crippen molar-refractivity contribution in [2.75, 3.05) is 5.32 Å². The monoisotopic (exact) mass is 205 g/mol. The summed E-state index contributed by atoms with van der Waals surface area (Å²) in [5.74, 6) is 0.391. The van der Waals surface area contributed by atoms with Crippen molar-refractivity contribution in [3.63, 3.8) is 0 Å². The van der Waals surface area contributed by atoms with Crippen molar-refractivity contribution in [3.05, 3.63) is 23.9 Å². The minimum absolute atomic E-state index is 0.435. The second-order valence-electron chi connectivity index (χ2n) is 3.92. The van der Waals surface area contributed by atoms with Crippen LogP contribution in [0, 0.1) is 0 Å². The highest BCUT2D eigenvalue weighted by Crippen LogP contribution is 2.21. The molecule has 4 heteroatoms. The van der Waals surface area contributed by atoms with Crippen molar-refractivity contribution in [3.8, 4) is 0 Å². The molecule has 1 fully saturated rings. The molecular formula is C11H15N3O. The van der Waals surface area contributed by atoms with Crippen molar-refractivity contribution in [1.82, 2.24) is 4.98 Å². The number of carbonyl (C=O) groups excluding carboxylic acids is 1. The Bertz CT molecular complexity index is 341. The van der Waals surface area contributed by atoms with Crippen LogP contribution in [-0.4, -0.2) is 16.9 Å². The lowest BCUT2D eigenvalue weighted by atomic mass is 10.2.